The molecule has 0 aliphatic carbocycles. The Kier molecular flexibility index (Phi) is 6.21. The van der Waals surface area contributed by atoms with Gasteiger partial charge in [-0.15, -0.1) is 0 Å². The van der Waals surface area contributed by atoms with E-state index in [0.717, 1.165) is 18.4 Å². The van der Waals surface area contributed by atoms with E-state index in [9.17, 15) is 4.79 Å². The van der Waals surface area contributed by atoms with Gasteiger partial charge < -0.3 is 11.1 Å². The molecule has 2 atom stereocenters. The standard InChI is InChI=1S/C17H28N2O/c1-5-15(14-9-7-6-8-10-14)16(20)19-17(4,12-18)11-13(2)3/h6-10,13,15H,5,11-12,18H2,1-4H3,(H,19,20). The van der Waals surface area contributed by atoms with Gasteiger partial charge in [0.15, 0.2) is 0 Å². The number of amides is 1. The summed E-state index contributed by atoms with van der Waals surface area (Å²) in [6, 6.07) is 9.94. The monoisotopic (exact) mass is 276 g/mol. The van der Waals surface area contributed by atoms with Gasteiger partial charge in [-0.1, -0.05) is 51.1 Å². The van der Waals surface area contributed by atoms with Crippen LogP contribution in [0.3, 0.4) is 0 Å². The first kappa shape index (κ1) is 16.7. The van der Waals surface area contributed by atoms with E-state index < -0.39 is 0 Å². The molecule has 0 aliphatic rings. The normalized spacial score (nSPS) is 15.7. The molecule has 20 heavy (non-hydrogen) atoms. The molecule has 1 rings (SSSR count). The van der Waals surface area contributed by atoms with E-state index in [2.05, 4.69) is 19.2 Å². The number of carbonyl (C=O) groups excluding carboxylic acids is 1. The summed E-state index contributed by atoms with van der Waals surface area (Å²) < 4.78 is 0. The van der Waals surface area contributed by atoms with Gasteiger partial charge >= 0.3 is 0 Å². The summed E-state index contributed by atoms with van der Waals surface area (Å²) in [5, 5.41) is 3.16. The van der Waals surface area contributed by atoms with E-state index in [1.54, 1.807) is 0 Å². The quantitative estimate of drug-likeness (QED) is 0.804. The fourth-order valence-corrected chi connectivity index (χ4v) is 2.73. The molecule has 3 heteroatoms. The van der Waals surface area contributed by atoms with Gasteiger partial charge in [-0.3, -0.25) is 4.79 Å². The third kappa shape index (κ3) is 4.64. The fourth-order valence-electron chi connectivity index (χ4n) is 2.73. The van der Waals surface area contributed by atoms with Gasteiger partial charge in [-0.25, -0.2) is 0 Å². The molecule has 0 aliphatic heterocycles. The van der Waals surface area contributed by atoms with Crippen molar-refractivity contribution in [2.24, 2.45) is 11.7 Å². The van der Waals surface area contributed by atoms with Crippen molar-refractivity contribution in [2.45, 2.75) is 52.0 Å². The molecule has 3 N–H and O–H groups in total. The van der Waals surface area contributed by atoms with Crippen LogP contribution >= 0.6 is 0 Å². The lowest BCUT2D eigenvalue weighted by Gasteiger charge is -2.33. The van der Waals surface area contributed by atoms with E-state index in [1.807, 2.05) is 44.2 Å². The van der Waals surface area contributed by atoms with Crippen LogP contribution < -0.4 is 11.1 Å². The van der Waals surface area contributed by atoms with Gasteiger partial charge in [-0.05, 0) is 31.2 Å². The lowest BCUT2D eigenvalue weighted by molar-refractivity contribution is -0.124. The van der Waals surface area contributed by atoms with Gasteiger partial charge in [0, 0.05) is 12.1 Å². The van der Waals surface area contributed by atoms with Crippen molar-refractivity contribution in [3.05, 3.63) is 35.9 Å². The third-order valence-corrected chi connectivity index (χ3v) is 3.66. The maximum Gasteiger partial charge on any atom is 0.227 e. The Labute approximate surface area is 122 Å². The van der Waals surface area contributed by atoms with Crippen LogP contribution in [0.5, 0.6) is 0 Å². The summed E-state index contributed by atoms with van der Waals surface area (Å²) in [6.45, 7) is 8.83. The highest BCUT2D eigenvalue weighted by Gasteiger charge is 2.29. The number of rotatable bonds is 7. The molecule has 1 aromatic rings. The van der Waals surface area contributed by atoms with Crippen molar-refractivity contribution in [3.8, 4) is 0 Å². The molecule has 0 bridgehead atoms. The Balaban J connectivity index is 2.82. The van der Waals surface area contributed by atoms with E-state index in [4.69, 9.17) is 5.73 Å². The molecule has 112 valence electrons. The van der Waals surface area contributed by atoms with E-state index in [-0.39, 0.29) is 17.4 Å². The van der Waals surface area contributed by atoms with Crippen molar-refractivity contribution in [1.29, 1.82) is 0 Å². The average molecular weight is 276 g/mol. The topological polar surface area (TPSA) is 55.1 Å². The predicted octanol–water partition coefficient (Wildman–Crippen LogP) is 3.06. The number of hydrogen-bond donors (Lipinski definition) is 2. The van der Waals surface area contributed by atoms with Crippen LogP contribution in [0.1, 0.15) is 52.0 Å². The Bertz CT molecular complexity index is 416. The molecule has 0 aromatic heterocycles. The Morgan fingerprint density at radius 1 is 1.30 bits per heavy atom. The van der Waals surface area contributed by atoms with E-state index in [1.165, 1.54) is 0 Å². The second-order valence-corrected chi connectivity index (χ2v) is 6.22. The van der Waals surface area contributed by atoms with E-state index in [0.29, 0.717) is 12.5 Å². The lowest BCUT2D eigenvalue weighted by atomic mass is 9.88. The summed E-state index contributed by atoms with van der Waals surface area (Å²) in [5.41, 5.74) is 6.61. The van der Waals surface area contributed by atoms with Crippen LogP contribution in [0.25, 0.3) is 0 Å². The first-order valence-corrected chi connectivity index (χ1v) is 7.49. The van der Waals surface area contributed by atoms with Crippen molar-refractivity contribution >= 4 is 5.91 Å². The van der Waals surface area contributed by atoms with Crippen LogP contribution in [0.4, 0.5) is 0 Å². The smallest absolute Gasteiger partial charge is 0.227 e. The molecule has 0 heterocycles. The van der Waals surface area contributed by atoms with Gasteiger partial charge in [0.1, 0.15) is 0 Å². The number of hydrogen-bond acceptors (Lipinski definition) is 2. The zero-order valence-electron chi connectivity index (χ0n) is 13.1. The molecule has 2 unspecified atom stereocenters. The molecule has 0 radical (unpaired) electrons. The third-order valence-electron chi connectivity index (χ3n) is 3.66. The lowest BCUT2D eigenvalue weighted by Crippen LogP contribution is -2.53. The Morgan fingerprint density at radius 3 is 2.35 bits per heavy atom. The van der Waals surface area contributed by atoms with Gasteiger partial charge in [0.2, 0.25) is 5.91 Å². The molecule has 0 spiro atoms. The fraction of sp³-hybridized carbons (Fsp3) is 0.588. The molecule has 1 amide bonds. The number of carbonyl (C=O) groups is 1. The largest absolute Gasteiger partial charge is 0.349 e. The van der Waals surface area contributed by atoms with Crippen LogP contribution in [-0.4, -0.2) is 18.0 Å². The van der Waals surface area contributed by atoms with E-state index >= 15 is 0 Å². The van der Waals surface area contributed by atoms with Gasteiger partial charge in [0.05, 0.1) is 5.92 Å². The van der Waals surface area contributed by atoms with Crippen molar-refractivity contribution in [3.63, 3.8) is 0 Å². The molecular weight excluding hydrogens is 248 g/mol. The first-order chi connectivity index (χ1) is 9.41. The second-order valence-electron chi connectivity index (χ2n) is 6.22. The molecule has 0 fully saturated rings. The van der Waals surface area contributed by atoms with Crippen molar-refractivity contribution in [1.82, 2.24) is 5.32 Å². The zero-order valence-corrected chi connectivity index (χ0v) is 13.1. The van der Waals surface area contributed by atoms with Crippen molar-refractivity contribution < 1.29 is 4.79 Å². The minimum Gasteiger partial charge on any atom is -0.349 e. The minimum absolute atomic E-state index is 0.0762. The van der Waals surface area contributed by atoms with Gasteiger partial charge in [-0.2, -0.15) is 0 Å². The number of benzene rings is 1. The summed E-state index contributed by atoms with van der Waals surface area (Å²) in [7, 11) is 0. The average Bonchev–Trinajstić information content (AvgIpc) is 2.39. The summed E-state index contributed by atoms with van der Waals surface area (Å²) in [6.07, 6.45) is 1.68. The summed E-state index contributed by atoms with van der Waals surface area (Å²) >= 11 is 0. The highest BCUT2D eigenvalue weighted by molar-refractivity contribution is 5.84. The Morgan fingerprint density at radius 2 is 1.90 bits per heavy atom. The highest BCUT2D eigenvalue weighted by atomic mass is 16.2. The summed E-state index contributed by atoms with van der Waals surface area (Å²) in [4.78, 5) is 12.6. The van der Waals surface area contributed by atoms with Crippen LogP contribution in [-0.2, 0) is 4.79 Å². The highest BCUT2D eigenvalue weighted by Crippen LogP contribution is 2.22. The number of nitrogens with one attached hydrogen (secondary N) is 1. The van der Waals surface area contributed by atoms with Crippen LogP contribution in [0.15, 0.2) is 30.3 Å². The molecule has 0 saturated carbocycles. The first-order valence-electron chi connectivity index (χ1n) is 7.49. The molecule has 0 saturated heterocycles. The maximum atomic E-state index is 12.6. The summed E-state index contributed by atoms with van der Waals surface area (Å²) in [5.74, 6) is 0.474. The van der Waals surface area contributed by atoms with Gasteiger partial charge in [0.25, 0.3) is 0 Å². The maximum absolute atomic E-state index is 12.6. The van der Waals surface area contributed by atoms with Crippen LogP contribution in [0, 0.1) is 5.92 Å². The molecular formula is C17H28N2O. The minimum atomic E-state index is -0.326. The second kappa shape index (κ2) is 7.44. The Hall–Kier alpha value is -1.35. The SMILES string of the molecule is CCC(C(=O)NC(C)(CN)CC(C)C)c1ccccc1. The van der Waals surface area contributed by atoms with Crippen molar-refractivity contribution in [2.75, 3.05) is 6.54 Å². The molecule has 1 aromatic carbocycles. The molecule has 3 nitrogen and oxygen atoms in total. The number of nitrogens with two attached hydrogens (primary N) is 1. The van der Waals surface area contributed by atoms with Crippen LogP contribution in [0.2, 0.25) is 0 Å². The zero-order chi connectivity index (χ0) is 15.2. The predicted molar refractivity (Wildman–Crippen MR) is 84.5 cm³/mol.